The number of amides is 1. The van der Waals surface area contributed by atoms with Crippen molar-refractivity contribution in [3.63, 3.8) is 0 Å². The molecule has 7 heteroatoms. The van der Waals surface area contributed by atoms with E-state index in [1.165, 1.54) is 0 Å². The molecule has 0 fully saturated rings. The minimum Gasteiger partial charge on any atom is -0.433 e. The van der Waals surface area contributed by atoms with E-state index in [1.54, 1.807) is 36.0 Å². The summed E-state index contributed by atoms with van der Waals surface area (Å²) in [7, 11) is 1.77. The average Bonchev–Trinajstić information content (AvgIpc) is 2.94. The van der Waals surface area contributed by atoms with E-state index < -0.39 is 0 Å². The summed E-state index contributed by atoms with van der Waals surface area (Å²) < 4.78 is 7.60. The summed E-state index contributed by atoms with van der Waals surface area (Å²) in [6.07, 6.45) is 1.64. The first-order valence-electron chi connectivity index (χ1n) is 7.23. The molecule has 124 valence electrons. The Labute approximate surface area is 151 Å². The topological polar surface area (TPSA) is 64.2 Å². The van der Waals surface area contributed by atoms with Crippen molar-refractivity contribution in [1.29, 1.82) is 0 Å². The molecule has 1 amide bonds. The highest BCUT2D eigenvalue weighted by Crippen LogP contribution is 2.20. The van der Waals surface area contributed by atoms with Crippen LogP contribution in [0, 0.1) is 0 Å². The number of halogens is 2. The Hall–Kier alpha value is -2.05. The van der Waals surface area contributed by atoms with E-state index >= 15 is 0 Å². The molecule has 2 heterocycles. The van der Waals surface area contributed by atoms with Crippen LogP contribution in [0.3, 0.4) is 0 Å². The van der Waals surface area contributed by atoms with Crippen LogP contribution in [0.1, 0.15) is 11.1 Å². The Kier molecular flexibility index (Phi) is 4.78. The number of fused-ring (bicyclic) bond motifs is 1. The van der Waals surface area contributed by atoms with E-state index in [0.29, 0.717) is 32.9 Å². The van der Waals surface area contributed by atoms with Gasteiger partial charge in [0, 0.05) is 36.4 Å². The predicted octanol–water partition coefficient (Wildman–Crippen LogP) is 3.41. The van der Waals surface area contributed by atoms with Gasteiger partial charge in [0.2, 0.25) is 11.6 Å². The van der Waals surface area contributed by atoms with Crippen LogP contribution in [0.25, 0.3) is 11.1 Å². The molecule has 0 atom stereocenters. The van der Waals surface area contributed by atoms with Gasteiger partial charge in [0.1, 0.15) is 0 Å². The van der Waals surface area contributed by atoms with Gasteiger partial charge in [-0.05, 0) is 33.6 Å². The van der Waals surface area contributed by atoms with Crippen LogP contribution in [0.5, 0.6) is 0 Å². The summed E-state index contributed by atoms with van der Waals surface area (Å²) in [4.78, 5) is 24.6. The number of carbonyl (C=O) groups excluding carboxylic acids is 1. The van der Waals surface area contributed by atoms with Crippen molar-refractivity contribution in [2.45, 2.75) is 13.0 Å². The number of pyridine rings is 1. The number of nitrogens with zero attached hydrogens (tertiary/aromatic N) is 1. The van der Waals surface area contributed by atoms with Gasteiger partial charge in [-0.25, -0.2) is 0 Å². The quantitative estimate of drug-likeness (QED) is 0.718. The predicted molar refractivity (Wildman–Crippen MR) is 96.2 cm³/mol. The molecule has 0 spiro atoms. The molecule has 1 N–H and O–H groups in total. The molecule has 0 radical (unpaired) electrons. The lowest BCUT2D eigenvalue weighted by atomic mass is 10.1. The van der Waals surface area contributed by atoms with E-state index in [4.69, 9.17) is 16.0 Å². The molecule has 0 aliphatic heterocycles. The average molecular weight is 410 g/mol. The maximum Gasteiger partial charge on any atom is 0.224 e. The summed E-state index contributed by atoms with van der Waals surface area (Å²) in [5.74, 6) is -0.219. The SMILES string of the molecule is Cn1cc(CC(=O)NCc2ccc(Cl)cc2)c(=O)c2cc(Br)oc21. The standard InChI is InChI=1S/C17H14BrClN2O3/c1-21-9-11(16(23)13-7-14(18)24-17(13)21)6-15(22)20-8-10-2-4-12(19)5-3-10/h2-5,7,9H,6,8H2,1H3,(H,20,22). The second-order valence-corrected chi connectivity index (χ2v) is 6.66. The van der Waals surface area contributed by atoms with Gasteiger partial charge >= 0.3 is 0 Å². The van der Waals surface area contributed by atoms with Gasteiger partial charge in [-0.15, -0.1) is 0 Å². The van der Waals surface area contributed by atoms with Crippen molar-refractivity contribution in [3.05, 3.63) is 67.6 Å². The summed E-state index contributed by atoms with van der Waals surface area (Å²) in [5.41, 5.74) is 1.64. The fourth-order valence-electron chi connectivity index (χ4n) is 2.46. The molecule has 0 aliphatic rings. The third-order valence-corrected chi connectivity index (χ3v) is 4.29. The lowest BCUT2D eigenvalue weighted by Gasteiger charge is -2.07. The van der Waals surface area contributed by atoms with E-state index in [2.05, 4.69) is 21.2 Å². The van der Waals surface area contributed by atoms with Crippen LogP contribution in [0.4, 0.5) is 0 Å². The van der Waals surface area contributed by atoms with Crippen molar-refractivity contribution in [3.8, 4) is 0 Å². The highest BCUT2D eigenvalue weighted by molar-refractivity contribution is 9.10. The third-order valence-electron chi connectivity index (χ3n) is 3.64. The van der Waals surface area contributed by atoms with Gasteiger partial charge in [-0.1, -0.05) is 23.7 Å². The van der Waals surface area contributed by atoms with Crippen molar-refractivity contribution in [1.82, 2.24) is 9.88 Å². The molecule has 0 unspecified atom stereocenters. The molecule has 0 saturated heterocycles. The van der Waals surface area contributed by atoms with Crippen molar-refractivity contribution >= 4 is 44.5 Å². The number of aryl methyl sites for hydroxylation is 1. The zero-order chi connectivity index (χ0) is 17.3. The molecule has 0 bridgehead atoms. The molecule has 0 aliphatic carbocycles. The first-order valence-corrected chi connectivity index (χ1v) is 8.40. The molecule has 3 aromatic rings. The number of hydrogen-bond donors (Lipinski definition) is 1. The Morgan fingerprint density at radius 3 is 2.75 bits per heavy atom. The van der Waals surface area contributed by atoms with Crippen LogP contribution in [-0.2, 0) is 24.8 Å². The normalized spacial score (nSPS) is 11.0. The Bertz CT molecular complexity index is 960. The zero-order valence-electron chi connectivity index (χ0n) is 12.8. The summed E-state index contributed by atoms with van der Waals surface area (Å²) >= 11 is 9.04. The highest BCUT2D eigenvalue weighted by Gasteiger charge is 2.14. The number of benzene rings is 1. The van der Waals surface area contributed by atoms with Gasteiger partial charge in [0.05, 0.1) is 11.8 Å². The minimum atomic E-state index is -0.219. The molecule has 1 aromatic carbocycles. The number of furan rings is 1. The molecule has 5 nitrogen and oxygen atoms in total. The van der Waals surface area contributed by atoms with Gasteiger partial charge in [-0.2, -0.15) is 0 Å². The number of rotatable bonds is 4. The smallest absolute Gasteiger partial charge is 0.224 e. The molecule has 2 aromatic heterocycles. The number of nitrogens with one attached hydrogen (secondary N) is 1. The fourth-order valence-corrected chi connectivity index (χ4v) is 2.97. The van der Waals surface area contributed by atoms with Crippen LogP contribution < -0.4 is 10.7 Å². The second kappa shape index (κ2) is 6.83. The largest absolute Gasteiger partial charge is 0.433 e. The summed E-state index contributed by atoms with van der Waals surface area (Å²) in [5, 5.41) is 3.90. The molecule has 0 saturated carbocycles. The van der Waals surface area contributed by atoms with Crippen molar-refractivity contribution in [2.24, 2.45) is 7.05 Å². The number of carbonyl (C=O) groups is 1. The molecule has 3 rings (SSSR count). The first-order chi connectivity index (χ1) is 11.4. The maximum absolute atomic E-state index is 12.5. The van der Waals surface area contributed by atoms with Crippen LogP contribution in [0.2, 0.25) is 5.02 Å². The Morgan fingerprint density at radius 2 is 2.04 bits per heavy atom. The van der Waals surface area contributed by atoms with Gasteiger partial charge < -0.3 is 14.3 Å². The lowest BCUT2D eigenvalue weighted by molar-refractivity contribution is -0.120. The fraction of sp³-hybridized carbons (Fsp3) is 0.176. The maximum atomic E-state index is 12.5. The second-order valence-electron chi connectivity index (χ2n) is 5.44. The minimum absolute atomic E-state index is 0.0129. The van der Waals surface area contributed by atoms with Gasteiger partial charge in [0.15, 0.2) is 10.1 Å². The monoisotopic (exact) mass is 408 g/mol. The Balaban J connectivity index is 1.74. The van der Waals surface area contributed by atoms with Crippen molar-refractivity contribution < 1.29 is 9.21 Å². The molecular weight excluding hydrogens is 396 g/mol. The molecule has 24 heavy (non-hydrogen) atoms. The number of aromatic nitrogens is 1. The van der Waals surface area contributed by atoms with E-state index in [9.17, 15) is 9.59 Å². The zero-order valence-corrected chi connectivity index (χ0v) is 15.1. The van der Waals surface area contributed by atoms with E-state index in [-0.39, 0.29) is 17.8 Å². The lowest BCUT2D eigenvalue weighted by Crippen LogP contribution is -2.27. The van der Waals surface area contributed by atoms with Crippen LogP contribution in [-0.4, -0.2) is 10.5 Å². The van der Waals surface area contributed by atoms with Gasteiger partial charge in [0.25, 0.3) is 0 Å². The van der Waals surface area contributed by atoms with E-state index in [1.807, 2.05) is 12.1 Å². The molecular formula is C17H14BrClN2O3. The first kappa shape index (κ1) is 16.8. The van der Waals surface area contributed by atoms with Crippen LogP contribution in [0.15, 0.2) is 50.4 Å². The summed E-state index contributed by atoms with van der Waals surface area (Å²) in [6.45, 7) is 0.385. The third kappa shape index (κ3) is 3.55. The Morgan fingerprint density at radius 1 is 1.33 bits per heavy atom. The van der Waals surface area contributed by atoms with Crippen molar-refractivity contribution in [2.75, 3.05) is 0 Å². The van der Waals surface area contributed by atoms with Gasteiger partial charge in [-0.3, -0.25) is 9.59 Å². The number of hydrogen-bond acceptors (Lipinski definition) is 3. The van der Waals surface area contributed by atoms with Crippen LogP contribution >= 0.6 is 27.5 Å². The highest BCUT2D eigenvalue weighted by atomic mass is 79.9. The van der Waals surface area contributed by atoms with E-state index in [0.717, 1.165) is 5.56 Å². The summed E-state index contributed by atoms with van der Waals surface area (Å²) in [6, 6.07) is 8.84.